The fourth-order valence-corrected chi connectivity index (χ4v) is 3.93. The van der Waals surface area contributed by atoms with Crippen molar-refractivity contribution in [2.24, 2.45) is 5.73 Å². The minimum atomic E-state index is -0.524. The van der Waals surface area contributed by atoms with Gasteiger partial charge in [0.15, 0.2) is 5.82 Å². The number of nitrogens with two attached hydrogens (primary N) is 2. The molecule has 194 valence electrons. The van der Waals surface area contributed by atoms with Gasteiger partial charge in [0.05, 0.1) is 23.6 Å². The number of anilines is 5. The highest BCUT2D eigenvalue weighted by molar-refractivity contribution is 5.99. The maximum absolute atomic E-state index is 12.8. The molecular weight excluding hydrogens is 478 g/mol. The Bertz CT molecular complexity index is 1280. The summed E-state index contributed by atoms with van der Waals surface area (Å²) in [7, 11) is 1.90. The topological polar surface area (TPSA) is 189 Å². The van der Waals surface area contributed by atoms with Gasteiger partial charge in [-0.25, -0.2) is 9.97 Å². The Kier molecular flexibility index (Phi) is 7.67. The van der Waals surface area contributed by atoms with Gasteiger partial charge in [0.2, 0.25) is 11.8 Å². The number of rotatable bonds is 9. The number of likely N-dealkylation sites (N-methyl/N-ethyl adjacent to an activating group) is 1. The zero-order valence-corrected chi connectivity index (χ0v) is 20.2. The van der Waals surface area contributed by atoms with Crippen LogP contribution in [0.15, 0.2) is 48.5 Å². The number of piperazine rings is 1. The quantitative estimate of drug-likeness (QED) is 0.208. The molecule has 1 saturated heterocycles. The van der Waals surface area contributed by atoms with Crippen LogP contribution in [0.1, 0.15) is 10.4 Å². The second-order valence-electron chi connectivity index (χ2n) is 8.52. The van der Waals surface area contributed by atoms with Crippen LogP contribution in [0, 0.1) is 5.21 Å². The number of carbonyl (C=O) groups is 2. The molecule has 0 atom stereocenters. The molecule has 2 aromatic heterocycles. The van der Waals surface area contributed by atoms with Crippen LogP contribution in [0.5, 0.6) is 0 Å². The lowest BCUT2D eigenvalue weighted by Gasteiger charge is -2.33. The third-order valence-electron chi connectivity index (χ3n) is 5.86. The van der Waals surface area contributed by atoms with E-state index in [1.807, 2.05) is 18.0 Å². The number of nitrogens with zero attached hydrogens (tertiary/aromatic N) is 5. The number of hydrogen-bond donors (Lipinski definition) is 5. The molecule has 7 N–H and O–H groups in total. The van der Waals surface area contributed by atoms with Crippen molar-refractivity contribution in [1.82, 2.24) is 14.9 Å². The van der Waals surface area contributed by atoms with Gasteiger partial charge in [0.25, 0.3) is 0 Å². The Morgan fingerprint density at radius 1 is 1.05 bits per heavy atom. The van der Waals surface area contributed by atoms with Gasteiger partial charge in [-0.15, -0.1) is 0 Å². The standard InChI is InChI=1S/C24H28N9O4/c1-31-12-13-32(21(34)14-31)17-6-8-19(29-22(17)15-2-4-16(5-3-15)24(26)35)27-10-11-28-20-9-7-18(33(36)37)23(25)30-20/h2-9,36H,10-14H2,1H3,(H2,26,35)(H,27,29)(H3,25,28,30)/q-1. The van der Waals surface area contributed by atoms with Gasteiger partial charge in [0, 0.05) is 37.3 Å². The molecule has 13 heteroatoms. The highest BCUT2D eigenvalue weighted by Crippen LogP contribution is 2.32. The molecule has 1 fully saturated rings. The zero-order chi connectivity index (χ0) is 26.5. The summed E-state index contributed by atoms with van der Waals surface area (Å²) in [4.78, 5) is 36.8. The molecule has 0 aliphatic carbocycles. The largest absolute Gasteiger partial charge is 0.733 e. The number of benzene rings is 1. The third-order valence-corrected chi connectivity index (χ3v) is 5.86. The number of carbonyl (C=O) groups excluding carboxylic acids is 2. The lowest BCUT2D eigenvalue weighted by atomic mass is 10.1. The number of pyridine rings is 2. The fraction of sp³-hybridized carbons (Fsp3) is 0.250. The van der Waals surface area contributed by atoms with E-state index in [2.05, 4.69) is 15.6 Å². The van der Waals surface area contributed by atoms with E-state index >= 15 is 0 Å². The SMILES string of the molecule is CN1CCN(c2ccc(NCCNc3ccc(N([O-])O)c(N)n3)nc2-c2ccc(C(N)=O)cc2)C(=O)C1. The minimum Gasteiger partial charge on any atom is -0.733 e. The maximum atomic E-state index is 12.8. The van der Waals surface area contributed by atoms with Crippen molar-refractivity contribution in [3.63, 3.8) is 0 Å². The number of aromatic nitrogens is 2. The monoisotopic (exact) mass is 506 g/mol. The van der Waals surface area contributed by atoms with E-state index in [4.69, 9.17) is 21.7 Å². The summed E-state index contributed by atoms with van der Waals surface area (Å²) in [5.74, 6) is 0.389. The normalized spacial score (nSPS) is 13.9. The summed E-state index contributed by atoms with van der Waals surface area (Å²) in [5.41, 5.74) is 13.3. The van der Waals surface area contributed by atoms with Crippen LogP contribution in [0.25, 0.3) is 11.3 Å². The second-order valence-corrected chi connectivity index (χ2v) is 8.52. The molecule has 3 heterocycles. The lowest BCUT2D eigenvalue weighted by molar-refractivity contribution is -0.120. The van der Waals surface area contributed by atoms with Crippen molar-refractivity contribution < 1.29 is 14.8 Å². The Morgan fingerprint density at radius 3 is 2.30 bits per heavy atom. The molecule has 2 amide bonds. The predicted molar refractivity (Wildman–Crippen MR) is 141 cm³/mol. The first-order valence-corrected chi connectivity index (χ1v) is 11.5. The van der Waals surface area contributed by atoms with E-state index in [1.165, 1.54) is 12.1 Å². The molecule has 0 unspecified atom stereocenters. The van der Waals surface area contributed by atoms with Gasteiger partial charge in [-0.2, -0.15) is 0 Å². The van der Waals surface area contributed by atoms with Gasteiger partial charge >= 0.3 is 0 Å². The first-order valence-electron chi connectivity index (χ1n) is 11.5. The molecule has 0 bridgehead atoms. The van der Waals surface area contributed by atoms with Gasteiger partial charge in [-0.05, 0) is 43.4 Å². The molecule has 3 aromatic rings. The van der Waals surface area contributed by atoms with Crippen molar-refractivity contribution in [3.05, 3.63) is 59.3 Å². The van der Waals surface area contributed by atoms with Crippen LogP contribution in [0.3, 0.4) is 0 Å². The van der Waals surface area contributed by atoms with Gasteiger partial charge in [0.1, 0.15) is 11.6 Å². The van der Waals surface area contributed by atoms with Crippen LogP contribution in [-0.2, 0) is 4.79 Å². The summed E-state index contributed by atoms with van der Waals surface area (Å²) in [6.07, 6.45) is 0. The highest BCUT2D eigenvalue weighted by Gasteiger charge is 2.26. The summed E-state index contributed by atoms with van der Waals surface area (Å²) in [5, 5.41) is 26.0. The Labute approximate surface area is 213 Å². The van der Waals surface area contributed by atoms with E-state index in [1.54, 1.807) is 35.2 Å². The fourth-order valence-electron chi connectivity index (χ4n) is 3.93. The predicted octanol–water partition coefficient (Wildman–Crippen LogP) is 1.32. The highest BCUT2D eigenvalue weighted by atomic mass is 16.8. The minimum absolute atomic E-state index is 0.0189. The molecule has 4 rings (SSSR count). The molecule has 1 aliphatic heterocycles. The lowest BCUT2D eigenvalue weighted by Crippen LogP contribution is -2.49. The average Bonchev–Trinajstić information content (AvgIpc) is 2.87. The van der Waals surface area contributed by atoms with Crippen LogP contribution >= 0.6 is 0 Å². The van der Waals surface area contributed by atoms with E-state index < -0.39 is 5.91 Å². The Morgan fingerprint density at radius 2 is 1.70 bits per heavy atom. The van der Waals surface area contributed by atoms with Crippen LogP contribution in [0.4, 0.5) is 28.8 Å². The maximum Gasteiger partial charge on any atom is 0.248 e. The van der Waals surface area contributed by atoms with Crippen molar-refractivity contribution in [2.45, 2.75) is 0 Å². The number of hydrogen-bond acceptors (Lipinski definition) is 11. The first-order chi connectivity index (χ1) is 17.7. The number of nitrogen functional groups attached to an aromatic ring is 1. The van der Waals surface area contributed by atoms with Crippen molar-refractivity contribution >= 4 is 40.6 Å². The molecule has 1 aliphatic rings. The molecule has 1 aromatic carbocycles. The Hall–Kier alpha value is -4.46. The zero-order valence-electron chi connectivity index (χ0n) is 20.2. The van der Waals surface area contributed by atoms with Crippen molar-refractivity contribution in [2.75, 3.05) is 66.3 Å². The smallest absolute Gasteiger partial charge is 0.248 e. The number of nitrogens with one attached hydrogen (secondary N) is 2. The van der Waals surface area contributed by atoms with Crippen LogP contribution in [0.2, 0.25) is 0 Å². The second kappa shape index (κ2) is 11.1. The molecule has 13 nitrogen and oxygen atoms in total. The Balaban J connectivity index is 1.50. The third kappa shape index (κ3) is 6.03. The van der Waals surface area contributed by atoms with Gasteiger partial charge < -0.3 is 37.4 Å². The number of primary amides is 1. The summed E-state index contributed by atoms with van der Waals surface area (Å²) >= 11 is 0. The number of amides is 2. The van der Waals surface area contributed by atoms with E-state index in [-0.39, 0.29) is 22.6 Å². The van der Waals surface area contributed by atoms with Gasteiger partial charge in [-0.1, -0.05) is 12.1 Å². The molecule has 37 heavy (non-hydrogen) atoms. The van der Waals surface area contributed by atoms with Crippen LogP contribution in [-0.4, -0.2) is 71.7 Å². The van der Waals surface area contributed by atoms with Crippen LogP contribution < -0.4 is 32.2 Å². The molecule has 0 saturated carbocycles. The molecule has 0 radical (unpaired) electrons. The van der Waals surface area contributed by atoms with Crippen molar-refractivity contribution in [3.8, 4) is 11.3 Å². The van der Waals surface area contributed by atoms with E-state index in [0.717, 1.165) is 12.1 Å². The van der Waals surface area contributed by atoms with E-state index in [0.29, 0.717) is 54.8 Å². The van der Waals surface area contributed by atoms with E-state index in [9.17, 15) is 14.8 Å². The summed E-state index contributed by atoms with van der Waals surface area (Å²) in [6.45, 7) is 2.51. The van der Waals surface area contributed by atoms with Crippen molar-refractivity contribution in [1.29, 1.82) is 0 Å². The molecular formula is C24H28N9O4-. The summed E-state index contributed by atoms with van der Waals surface area (Å²) < 4.78 is 0. The molecule has 0 spiro atoms. The average molecular weight is 507 g/mol. The summed E-state index contributed by atoms with van der Waals surface area (Å²) in [6, 6.07) is 13.3. The first kappa shape index (κ1) is 25.6. The van der Waals surface area contributed by atoms with Gasteiger partial charge in [-0.3, -0.25) is 19.7 Å².